The summed E-state index contributed by atoms with van der Waals surface area (Å²) < 4.78 is 10.5. The highest BCUT2D eigenvalue weighted by Gasteiger charge is 2.28. The molecule has 0 unspecified atom stereocenters. The zero-order valence-electron chi connectivity index (χ0n) is 12.7. The minimum atomic E-state index is -0.769. The van der Waals surface area contributed by atoms with Gasteiger partial charge in [0.15, 0.2) is 0 Å². The van der Waals surface area contributed by atoms with E-state index in [2.05, 4.69) is 4.90 Å². The number of benzene rings is 1. The Balaban J connectivity index is 2.18. The largest absolute Gasteiger partial charge is 0.497 e. The fourth-order valence-corrected chi connectivity index (χ4v) is 2.83. The summed E-state index contributed by atoms with van der Waals surface area (Å²) in [5, 5.41) is 9.54. The Morgan fingerprint density at radius 3 is 2.52 bits per heavy atom. The van der Waals surface area contributed by atoms with Gasteiger partial charge in [0.1, 0.15) is 17.5 Å². The van der Waals surface area contributed by atoms with Crippen LogP contribution >= 0.6 is 0 Å². The molecule has 0 radical (unpaired) electrons. The van der Waals surface area contributed by atoms with Crippen molar-refractivity contribution in [3.05, 3.63) is 23.8 Å². The van der Waals surface area contributed by atoms with Crippen molar-refractivity contribution in [3.63, 3.8) is 0 Å². The molecule has 0 spiro atoms. The maximum absolute atomic E-state index is 11.6. The number of carboxylic acid groups (broad SMARTS) is 1. The third-order valence-electron chi connectivity index (χ3n) is 4.02. The highest BCUT2D eigenvalue weighted by atomic mass is 16.5. The van der Waals surface area contributed by atoms with Gasteiger partial charge in [-0.3, -0.25) is 9.69 Å². The highest BCUT2D eigenvalue weighted by Crippen LogP contribution is 2.27. The molecule has 0 saturated carbocycles. The Morgan fingerprint density at radius 2 is 1.95 bits per heavy atom. The average Bonchev–Trinajstić information content (AvgIpc) is 2.53. The number of ether oxygens (including phenoxy) is 2. The van der Waals surface area contributed by atoms with Crippen LogP contribution < -0.4 is 9.47 Å². The van der Waals surface area contributed by atoms with Crippen LogP contribution in [0.25, 0.3) is 0 Å². The predicted molar refractivity (Wildman–Crippen MR) is 80.1 cm³/mol. The first-order valence-corrected chi connectivity index (χ1v) is 7.33. The van der Waals surface area contributed by atoms with Crippen molar-refractivity contribution in [2.45, 2.75) is 31.7 Å². The van der Waals surface area contributed by atoms with Gasteiger partial charge in [0.25, 0.3) is 0 Å². The molecule has 0 aromatic heterocycles. The van der Waals surface area contributed by atoms with Crippen molar-refractivity contribution < 1.29 is 19.4 Å². The maximum Gasteiger partial charge on any atom is 0.321 e. The van der Waals surface area contributed by atoms with Gasteiger partial charge in [-0.05, 0) is 37.6 Å². The Kier molecular flexibility index (Phi) is 5.44. The van der Waals surface area contributed by atoms with Gasteiger partial charge in [0, 0.05) is 12.5 Å². The van der Waals surface area contributed by atoms with Crippen molar-refractivity contribution in [1.82, 2.24) is 4.90 Å². The lowest BCUT2D eigenvalue weighted by atomic mass is 10.0. The minimum absolute atomic E-state index is 0.447. The maximum atomic E-state index is 11.6. The second kappa shape index (κ2) is 7.31. The van der Waals surface area contributed by atoms with Crippen LogP contribution in [0.2, 0.25) is 0 Å². The van der Waals surface area contributed by atoms with Gasteiger partial charge >= 0.3 is 5.97 Å². The third-order valence-corrected chi connectivity index (χ3v) is 4.02. The Morgan fingerprint density at radius 1 is 1.24 bits per heavy atom. The van der Waals surface area contributed by atoms with Crippen molar-refractivity contribution in [2.75, 3.05) is 27.3 Å². The molecular weight excluding hydrogens is 270 g/mol. The molecule has 2 rings (SSSR count). The lowest BCUT2D eigenvalue weighted by molar-refractivity contribution is -0.143. The monoisotopic (exact) mass is 293 g/mol. The van der Waals surface area contributed by atoms with E-state index in [0.717, 1.165) is 31.5 Å². The summed E-state index contributed by atoms with van der Waals surface area (Å²) in [5.74, 6) is 0.618. The van der Waals surface area contributed by atoms with Crippen molar-refractivity contribution in [1.29, 1.82) is 0 Å². The van der Waals surface area contributed by atoms with Gasteiger partial charge in [-0.1, -0.05) is 12.5 Å². The van der Waals surface area contributed by atoms with Crippen LogP contribution in [-0.4, -0.2) is 49.3 Å². The van der Waals surface area contributed by atoms with Crippen LogP contribution in [0.5, 0.6) is 11.5 Å². The van der Waals surface area contributed by atoms with E-state index in [0.29, 0.717) is 17.9 Å². The van der Waals surface area contributed by atoms with E-state index in [1.165, 1.54) is 6.42 Å². The van der Waals surface area contributed by atoms with Gasteiger partial charge < -0.3 is 14.6 Å². The van der Waals surface area contributed by atoms with Crippen molar-refractivity contribution >= 4 is 5.97 Å². The van der Waals surface area contributed by atoms with Crippen molar-refractivity contribution in [3.8, 4) is 11.5 Å². The Bertz CT molecular complexity index is 483. The van der Waals surface area contributed by atoms with E-state index >= 15 is 0 Å². The molecule has 1 saturated heterocycles. The lowest BCUT2D eigenvalue weighted by Gasteiger charge is -2.32. The van der Waals surface area contributed by atoms with E-state index < -0.39 is 12.0 Å². The summed E-state index contributed by atoms with van der Waals surface area (Å²) in [7, 11) is 3.19. The number of hydrogen-bond acceptors (Lipinski definition) is 4. The summed E-state index contributed by atoms with van der Waals surface area (Å²) in [6.45, 7) is 1.71. The minimum Gasteiger partial charge on any atom is -0.497 e. The number of carboxylic acids is 1. The third kappa shape index (κ3) is 3.88. The molecule has 0 amide bonds. The van der Waals surface area contributed by atoms with E-state index in [1.807, 2.05) is 12.1 Å². The molecule has 1 heterocycles. The molecule has 5 heteroatoms. The molecule has 1 atom stereocenters. The average molecular weight is 293 g/mol. The highest BCUT2D eigenvalue weighted by molar-refractivity contribution is 5.74. The van der Waals surface area contributed by atoms with Crippen LogP contribution in [0.15, 0.2) is 18.2 Å². The fourth-order valence-electron chi connectivity index (χ4n) is 2.83. The Hall–Kier alpha value is -1.75. The molecular formula is C16H23NO4. The van der Waals surface area contributed by atoms with E-state index in [-0.39, 0.29) is 0 Å². The second-order valence-electron chi connectivity index (χ2n) is 5.33. The van der Waals surface area contributed by atoms with Gasteiger partial charge in [-0.15, -0.1) is 0 Å². The van der Waals surface area contributed by atoms with Gasteiger partial charge in [-0.2, -0.15) is 0 Å². The molecule has 116 valence electrons. The first-order valence-electron chi connectivity index (χ1n) is 7.33. The number of nitrogens with zero attached hydrogens (tertiary/aromatic N) is 1. The Labute approximate surface area is 125 Å². The standard InChI is InChI=1S/C16H23NO4/c1-20-13-7-6-12(15(11-13)21-2)10-14(16(18)19)17-8-4-3-5-9-17/h6-7,11,14H,3-5,8-10H2,1-2H3,(H,18,19)/t14-/m1/s1. The SMILES string of the molecule is COc1ccc(C[C@H](C(=O)O)N2CCCCC2)c(OC)c1. The zero-order chi connectivity index (χ0) is 15.2. The van der Waals surface area contributed by atoms with Crippen LogP contribution in [-0.2, 0) is 11.2 Å². The van der Waals surface area contributed by atoms with Crippen LogP contribution in [0.3, 0.4) is 0 Å². The van der Waals surface area contributed by atoms with Crippen LogP contribution in [0.1, 0.15) is 24.8 Å². The van der Waals surface area contributed by atoms with Crippen LogP contribution in [0, 0.1) is 0 Å². The smallest absolute Gasteiger partial charge is 0.321 e. The summed E-state index contributed by atoms with van der Waals surface area (Å²) in [6, 6.07) is 5.03. The number of piperidine rings is 1. The number of methoxy groups -OCH3 is 2. The summed E-state index contributed by atoms with van der Waals surface area (Å²) >= 11 is 0. The number of rotatable bonds is 6. The molecule has 5 nitrogen and oxygen atoms in total. The number of aliphatic carboxylic acids is 1. The number of hydrogen-bond donors (Lipinski definition) is 1. The first-order chi connectivity index (χ1) is 10.2. The topological polar surface area (TPSA) is 59.0 Å². The molecule has 21 heavy (non-hydrogen) atoms. The van der Waals surface area contributed by atoms with Crippen molar-refractivity contribution in [2.24, 2.45) is 0 Å². The quantitative estimate of drug-likeness (QED) is 0.871. The van der Waals surface area contributed by atoms with E-state index in [9.17, 15) is 9.90 Å². The second-order valence-corrected chi connectivity index (χ2v) is 5.33. The van der Waals surface area contributed by atoms with E-state index in [4.69, 9.17) is 9.47 Å². The predicted octanol–water partition coefficient (Wildman–Crippen LogP) is 2.19. The normalized spacial score (nSPS) is 17.2. The summed E-state index contributed by atoms with van der Waals surface area (Å²) in [5.41, 5.74) is 0.899. The fraction of sp³-hybridized carbons (Fsp3) is 0.562. The van der Waals surface area contributed by atoms with E-state index in [1.54, 1.807) is 20.3 Å². The molecule has 0 bridgehead atoms. The molecule has 1 fully saturated rings. The molecule has 1 aromatic carbocycles. The van der Waals surface area contributed by atoms with Gasteiger partial charge in [-0.25, -0.2) is 0 Å². The molecule has 0 aliphatic carbocycles. The summed E-state index contributed by atoms with van der Waals surface area (Å²) in [6.07, 6.45) is 3.78. The zero-order valence-corrected chi connectivity index (χ0v) is 12.7. The molecule has 1 N–H and O–H groups in total. The van der Waals surface area contributed by atoms with Gasteiger partial charge in [0.05, 0.1) is 14.2 Å². The first kappa shape index (κ1) is 15.6. The van der Waals surface area contributed by atoms with Crippen LogP contribution in [0.4, 0.5) is 0 Å². The number of likely N-dealkylation sites (tertiary alicyclic amines) is 1. The summed E-state index contributed by atoms with van der Waals surface area (Å²) in [4.78, 5) is 13.7. The van der Waals surface area contributed by atoms with Gasteiger partial charge in [0.2, 0.25) is 0 Å². The molecule has 1 aromatic rings. The number of carbonyl (C=O) groups is 1. The lowest BCUT2D eigenvalue weighted by Crippen LogP contribution is -2.45. The molecule has 1 aliphatic rings. The molecule has 1 aliphatic heterocycles.